The van der Waals surface area contributed by atoms with Gasteiger partial charge in [-0.05, 0) is 103 Å². The third-order valence-electron chi connectivity index (χ3n) is 15.8. The van der Waals surface area contributed by atoms with Gasteiger partial charge in [-0.1, -0.05) is 214 Å². The van der Waals surface area contributed by atoms with E-state index in [1.807, 2.05) is 0 Å². The molecule has 0 aliphatic heterocycles. The average Bonchev–Trinajstić information content (AvgIpc) is 3.37. The Morgan fingerprint density at radius 3 is 0.167 bits per heavy atom. The van der Waals surface area contributed by atoms with Crippen LogP contribution in [-0.2, 0) is 169 Å². The summed E-state index contributed by atoms with van der Waals surface area (Å²) in [6.45, 7) is 60.1. The quantitative estimate of drug-likeness (QED) is 0.0499. The van der Waals surface area contributed by atoms with E-state index >= 15 is 0 Å². The van der Waals surface area contributed by atoms with Gasteiger partial charge in [0.15, 0.2) is 0 Å². The standard InChI is InChI=1S/4C16H36N.8Mo.26H2O/c4*1-5-9-13-17(14-10-6-2,15-11-7-3)16-12-8-4;;;;;;;;;;;;;;;;;;;;;;;;;;;;;;;;;;/h4*5-16H2,1-4H3;;;;;;;;;26*1H2/q4*+1;;;;;;;;;;;;;;;;;;;;;;;;;;;;;;;;;;. The maximum absolute atomic E-state index is 2.33. The van der Waals surface area contributed by atoms with Gasteiger partial charge in [0.25, 0.3) is 0 Å². The Morgan fingerprint density at radius 1 is 0.0980 bits per heavy atom. The first kappa shape index (κ1) is 253. The Hall–Kier alpha value is 4.31. The molecule has 0 bridgehead atoms. The molecule has 102 heavy (non-hydrogen) atoms. The molecule has 0 fully saturated rings. The van der Waals surface area contributed by atoms with Crippen molar-refractivity contribution in [3.63, 3.8) is 0 Å². The molecule has 672 valence electrons. The summed E-state index contributed by atoms with van der Waals surface area (Å²) >= 11 is 0. The molecule has 0 aliphatic rings. The van der Waals surface area contributed by atoms with Crippen LogP contribution in [0.1, 0.15) is 316 Å². The molecule has 0 unspecified atom stereocenters. The molecule has 0 atom stereocenters. The Bertz CT molecular complexity index is 729. The van der Waals surface area contributed by atoms with E-state index < -0.39 is 0 Å². The molecule has 0 saturated heterocycles. The number of nitrogens with zero attached hydrogens (tertiary/aromatic N) is 4. The van der Waals surface area contributed by atoms with E-state index in [9.17, 15) is 0 Å². The summed E-state index contributed by atoms with van der Waals surface area (Å²) in [7, 11) is 0. The Morgan fingerprint density at radius 2 is 0.137 bits per heavy atom. The van der Waals surface area contributed by atoms with Gasteiger partial charge in [0.05, 0.1) is 105 Å². The first-order valence-electron chi connectivity index (χ1n) is 32.4. The molecule has 0 saturated carbocycles. The molecule has 38 heteroatoms. The van der Waals surface area contributed by atoms with E-state index in [0.29, 0.717) is 0 Å². The van der Waals surface area contributed by atoms with Crippen LogP contribution in [0.4, 0.5) is 0 Å². The van der Waals surface area contributed by atoms with Crippen LogP contribution in [-0.4, -0.2) is 265 Å². The molecule has 0 radical (unpaired) electrons. The van der Waals surface area contributed by atoms with Gasteiger partial charge in [-0.3, -0.25) is 0 Å². The van der Waals surface area contributed by atoms with Crippen LogP contribution in [0.25, 0.3) is 0 Å². The van der Waals surface area contributed by atoms with Crippen LogP contribution < -0.4 is 0 Å². The molecule has 0 aliphatic carbocycles. The van der Waals surface area contributed by atoms with Crippen molar-refractivity contribution in [3.05, 3.63) is 0 Å². The van der Waals surface area contributed by atoms with Crippen molar-refractivity contribution in [2.75, 3.05) is 105 Å². The summed E-state index contributed by atoms with van der Waals surface area (Å²) in [5, 5.41) is 0. The third kappa shape index (κ3) is 157. The van der Waals surface area contributed by atoms with Crippen LogP contribution in [0.15, 0.2) is 0 Å². The summed E-state index contributed by atoms with van der Waals surface area (Å²) in [4.78, 5) is 0. The van der Waals surface area contributed by atoms with Gasteiger partial charge in [0, 0.05) is 169 Å². The van der Waals surface area contributed by atoms with E-state index in [2.05, 4.69) is 111 Å². The number of hydrogen-bond donors (Lipinski definition) is 0. The molecule has 0 aromatic rings. The van der Waals surface area contributed by atoms with Crippen LogP contribution in [0.3, 0.4) is 0 Å². The minimum atomic E-state index is 0. The Kier molecular flexibility index (Phi) is 487. The minimum Gasteiger partial charge on any atom is -0.412 e. The normalized spacial score (nSPS) is 8.00. The van der Waals surface area contributed by atoms with Gasteiger partial charge in [-0.2, -0.15) is 0 Å². The molecule has 0 amide bonds. The smallest absolute Gasteiger partial charge is 0.0786 e. The molecular formula is C64H196Mo8N4O26+4. The van der Waals surface area contributed by atoms with E-state index in [0.717, 1.165) is 0 Å². The largest absolute Gasteiger partial charge is 0.412 e. The number of quaternary nitrogens is 4. The molecule has 0 heterocycles. The summed E-state index contributed by atoms with van der Waals surface area (Å²) < 4.78 is 5.68. The van der Waals surface area contributed by atoms with Crippen LogP contribution in [0, 0.1) is 0 Å². The summed E-state index contributed by atoms with van der Waals surface area (Å²) in [6, 6.07) is 0. The average molecular weight is 2210 g/mol. The van der Waals surface area contributed by atoms with E-state index in [-0.39, 0.29) is 311 Å². The van der Waals surface area contributed by atoms with Crippen molar-refractivity contribution in [1.82, 2.24) is 0 Å². The van der Waals surface area contributed by atoms with Gasteiger partial charge >= 0.3 is 0 Å². The monoisotopic (exact) mass is 2220 g/mol. The van der Waals surface area contributed by atoms with Crippen molar-refractivity contribution in [3.8, 4) is 0 Å². The van der Waals surface area contributed by atoms with Gasteiger partial charge in [0.1, 0.15) is 0 Å². The van der Waals surface area contributed by atoms with Crippen molar-refractivity contribution in [1.29, 1.82) is 0 Å². The van der Waals surface area contributed by atoms with Crippen molar-refractivity contribution in [2.24, 2.45) is 0 Å². The van der Waals surface area contributed by atoms with E-state index in [1.165, 1.54) is 328 Å². The third-order valence-corrected chi connectivity index (χ3v) is 15.8. The summed E-state index contributed by atoms with van der Waals surface area (Å²) in [5.74, 6) is 0. The van der Waals surface area contributed by atoms with E-state index in [1.54, 1.807) is 0 Å². The Labute approximate surface area is 742 Å². The van der Waals surface area contributed by atoms with Gasteiger partial charge < -0.3 is 160 Å². The molecule has 0 aromatic carbocycles. The second kappa shape index (κ2) is 197. The van der Waals surface area contributed by atoms with Crippen LogP contribution in [0.2, 0.25) is 0 Å². The first-order chi connectivity index (χ1) is 33.0. The molecule has 30 nitrogen and oxygen atoms in total. The van der Waals surface area contributed by atoms with Crippen molar-refractivity contribution >= 4 is 0 Å². The molecule has 0 rings (SSSR count). The fourth-order valence-electron chi connectivity index (χ4n) is 10.6. The minimum absolute atomic E-state index is 0. The fraction of sp³-hybridized carbons (Fsp3) is 1.00. The second-order valence-electron chi connectivity index (χ2n) is 22.6. The predicted molar refractivity (Wildman–Crippen MR) is 411 cm³/mol. The van der Waals surface area contributed by atoms with Crippen molar-refractivity contribution < 1.29 is 329 Å². The predicted octanol–water partition coefficient (Wildman–Crippen LogP) is -1.45. The van der Waals surface area contributed by atoms with Crippen LogP contribution >= 0.6 is 0 Å². The van der Waals surface area contributed by atoms with Gasteiger partial charge in [0.2, 0.25) is 0 Å². The zero-order chi connectivity index (χ0) is 51.9. The topological polar surface area (TPSA) is 819 Å². The summed E-state index contributed by atoms with van der Waals surface area (Å²) in [6.07, 6.45) is 44.2. The number of hydrogen-bond acceptors (Lipinski definition) is 0. The zero-order valence-electron chi connectivity index (χ0n) is 68.0. The maximum atomic E-state index is 2.33. The zero-order valence-corrected chi connectivity index (χ0v) is 84.1. The molecule has 0 spiro atoms. The Balaban J connectivity index is -0.0000000134. The first-order valence-corrected chi connectivity index (χ1v) is 32.4. The molecule has 0 aromatic heterocycles. The maximum Gasteiger partial charge on any atom is 0.0786 e. The number of unbranched alkanes of at least 4 members (excludes halogenated alkanes) is 16. The van der Waals surface area contributed by atoms with Gasteiger partial charge in [-0.15, -0.1) is 0 Å². The SMILES string of the molecule is CCCC[N+](CCCC)(CCCC)CCCC.CCCC[N+](CCCC)(CCCC)CCCC.CCCC[N+](CCCC)(CCCC)CCCC.CCCC[N+](CCCC)(CCCC)CCCC.O.O.O.O.O.O.O.O.O.O.O.O.O.O.O.O.O.O.O.O.O.O.O.O.O.O.[Mo].[Mo].[Mo].[Mo].[Mo].[Mo].[Mo].[Mo]. The fourth-order valence-corrected chi connectivity index (χ4v) is 10.6. The second-order valence-corrected chi connectivity index (χ2v) is 22.6. The van der Waals surface area contributed by atoms with Gasteiger partial charge in [-0.25, -0.2) is 0 Å². The van der Waals surface area contributed by atoms with Crippen LogP contribution in [0.5, 0.6) is 0 Å². The van der Waals surface area contributed by atoms with Crippen molar-refractivity contribution in [2.45, 2.75) is 316 Å². The molecular weight excluding hydrogens is 2010 g/mol. The number of rotatable bonds is 48. The molecule has 52 N–H and O–H groups in total. The summed E-state index contributed by atoms with van der Waals surface area (Å²) in [5.41, 5.74) is 0. The van der Waals surface area contributed by atoms with E-state index in [4.69, 9.17) is 0 Å².